The molecule has 0 radical (unpaired) electrons. The van der Waals surface area contributed by atoms with Crippen molar-refractivity contribution in [1.29, 1.82) is 0 Å². The molecule has 0 unspecified atom stereocenters. The molecule has 0 amide bonds. The summed E-state index contributed by atoms with van der Waals surface area (Å²) in [5.41, 5.74) is 1.39. The van der Waals surface area contributed by atoms with Crippen LogP contribution >= 0.6 is 10.7 Å². The molecule has 3 nitrogen and oxygen atoms in total. The average Bonchev–Trinajstić information content (AvgIpc) is 2.46. The number of ketones is 1. The van der Waals surface area contributed by atoms with Gasteiger partial charge in [-0.1, -0.05) is 0 Å². The fourth-order valence-electron chi connectivity index (χ4n) is 1.58. The van der Waals surface area contributed by atoms with E-state index in [0.717, 1.165) is 5.56 Å². The van der Waals surface area contributed by atoms with E-state index in [1.54, 1.807) is 0 Å². The van der Waals surface area contributed by atoms with Crippen LogP contribution in [-0.2, 0) is 15.5 Å². The first-order valence-electron chi connectivity index (χ1n) is 4.09. The van der Waals surface area contributed by atoms with Crippen molar-refractivity contribution in [3.63, 3.8) is 0 Å². The zero-order valence-corrected chi connectivity index (χ0v) is 8.73. The average molecular weight is 231 g/mol. The molecule has 1 aliphatic rings. The molecule has 0 N–H and O–H groups in total. The molecule has 1 aromatic rings. The van der Waals surface area contributed by atoms with Crippen LogP contribution in [0.5, 0.6) is 0 Å². The van der Waals surface area contributed by atoms with Crippen LogP contribution in [0.1, 0.15) is 22.3 Å². The Labute approximate surface area is 86.1 Å². The minimum absolute atomic E-state index is 0.0626. The van der Waals surface area contributed by atoms with Gasteiger partial charge in [-0.2, -0.15) is 0 Å². The van der Waals surface area contributed by atoms with Crippen LogP contribution < -0.4 is 0 Å². The molecule has 0 saturated carbocycles. The molecule has 1 aliphatic carbocycles. The highest BCUT2D eigenvalue weighted by Crippen LogP contribution is 2.26. The summed E-state index contributed by atoms with van der Waals surface area (Å²) in [7, 11) is 1.50. The predicted molar refractivity (Wildman–Crippen MR) is 52.1 cm³/mol. The lowest BCUT2D eigenvalue weighted by atomic mass is 10.1. The molecule has 0 saturated heterocycles. The number of halogens is 1. The second kappa shape index (κ2) is 3.07. The third kappa shape index (κ3) is 1.55. The van der Waals surface area contributed by atoms with E-state index in [4.69, 9.17) is 10.7 Å². The third-order valence-corrected chi connectivity index (χ3v) is 3.63. The Morgan fingerprint density at radius 1 is 1.21 bits per heavy atom. The van der Waals surface area contributed by atoms with E-state index in [-0.39, 0.29) is 10.7 Å². The van der Waals surface area contributed by atoms with Gasteiger partial charge in [0, 0.05) is 22.7 Å². The summed E-state index contributed by atoms with van der Waals surface area (Å²) in [6, 6.07) is 4.37. The summed E-state index contributed by atoms with van der Waals surface area (Å²) in [6.45, 7) is 0. The van der Waals surface area contributed by atoms with E-state index in [9.17, 15) is 13.2 Å². The molecule has 2 rings (SSSR count). The Morgan fingerprint density at radius 3 is 2.57 bits per heavy atom. The van der Waals surface area contributed by atoms with Crippen LogP contribution in [0.4, 0.5) is 0 Å². The molecular formula is C9H7ClO3S. The van der Waals surface area contributed by atoms with Crippen molar-refractivity contribution in [2.75, 3.05) is 0 Å². The van der Waals surface area contributed by atoms with E-state index >= 15 is 0 Å². The lowest BCUT2D eigenvalue weighted by molar-refractivity contribution is 0.0994. The lowest BCUT2D eigenvalue weighted by Crippen LogP contribution is -1.95. The van der Waals surface area contributed by atoms with Crippen molar-refractivity contribution in [2.24, 2.45) is 0 Å². The minimum Gasteiger partial charge on any atom is -0.294 e. The largest absolute Gasteiger partial charge is 0.294 e. The summed E-state index contributed by atoms with van der Waals surface area (Å²) in [5, 5.41) is 0. The second-order valence-corrected chi connectivity index (χ2v) is 5.75. The fraction of sp³-hybridized carbons (Fsp3) is 0.222. The molecule has 0 bridgehead atoms. The molecule has 0 aromatic heterocycles. The standard InChI is InChI=1S/C9H7ClO3S/c10-14(12,13)7-2-3-8-6(5-7)1-4-9(8)11/h2-3,5H,1,4H2. The first-order valence-corrected chi connectivity index (χ1v) is 6.40. The molecule has 14 heavy (non-hydrogen) atoms. The Balaban J connectivity index is 2.58. The van der Waals surface area contributed by atoms with Crippen molar-refractivity contribution in [1.82, 2.24) is 0 Å². The van der Waals surface area contributed by atoms with Gasteiger partial charge in [0.25, 0.3) is 9.05 Å². The number of rotatable bonds is 1. The zero-order chi connectivity index (χ0) is 10.3. The first kappa shape index (κ1) is 9.68. The molecule has 0 atom stereocenters. The molecule has 0 spiro atoms. The Kier molecular flexibility index (Phi) is 2.12. The maximum absolute atomic E-state index is 11.2. The number of Topliss-reactive ketones (excluding diaryl/α,β-unsaturated/α-hetero) is 1. The summed E-state index contributed by atoms with van der Waals surface area (Å²) in [5.74, 6) is 0.0681. The van der Waals surface area contributed by atoms with E-state index in [1.165, 1.54) is 18.2 Å². The van der Waals surface area contributed by atoms with Gasteiger partial charge in [-0.25, -0.2) is 8.42 Å². The van der Waals surface area contributed by atoms with E-state index in [0.29, 0.717) is 18.4 Å². The Hall–Kier alpha value is -0.870. The monoisotopic (exact) mass is 230 g/mol. The van der Waals surface area contributed by atoms with Crippen LogP contribution in [0, 0.1) is 0 Å². The van der Waals surface area contributed by atoms with E-state index in [2.05, 4.69) is 0 Å². The van der Waals surface area contributed by atoms with Gasteiger partial charge < -0.3 is 0 Å². The van der Waals surface area contributed by atoms with Gasteiger partial charge in [0.1, 0.15) is 0 Å². The molecule has 74 valence electrons. The number of hydrogen-bond donors (Lipinski definition) is 0. The zero-order valence-electron chi connectivity index (χ0n) is 7.16. The predicted octanol–water partition coefficient (Wildman–Crippen LogP) is 1.74. The van der Waals surface area contributed by atoms with Gasteiger partial charge in [-0.3, -0.25) is 4.79 Å². The Bertz CT molecular complexity index is 505. The summed E-state index contributed by atoms with van der Waals surface area (Å²) in [6.07, 6.45) is 1.07. The van der Waals surface area contributed by atoms with Crippen LogP contribution in [0.25, 0.3) is 0 Å². The van der Waals surface area contributed by atoms with E-state index in [1.807, 2.05) is 0 Å². The van der Waals surface area contributed by atoms with Gasteiger partial charge >= 0.3 is 0 Å². The lowest BCUT2D eigenvalue weighted by Gasteiger charge is -1.99. The van der Waals surface area contributed by atoms with Crippen molar-refractivity contribution in [3.8, 4) is 0 Å². The number of carbonyl (C=O) groups excluding carboxylic acids is 1. The maximum atomic E-state index is 11.2. The number of aryl methyl sites for hydroxylation is 1. The maximum Gasteiger partial charge on any atom is 0.261 e. The normalized spacial score (nSPS) is 15.6. The quantitative estimate of drug-likeness (QED) is 0.691. The highest BCUT2D eigenvalue weighted by Gasteiger charge is 2.21. The second-order valence-electron chi connectivity index (χ2n) is 3.18. The number of hydrogen-bond acceptors (Lipinski definition) is 3. The number of fused-ring (bicyclic) bond motifs is 1. The van der Waals surface area contributed by atoms with E-state index < -0.39 is 9.05 Å². The van der Waals surface area contributed by atoms with Crippen LogP contribution in [0.2, 0.25) is 0 Å². The van der Waals surface area contributed by atoms with Gasteiger partial charge in [0.15, 0.2) is 5.78 Å². The molecule has 1 aromatic carbocycles. The fourth-order valence-corrected chi connectivity index (χ4v) is 2.39. The first-order chi connectivity index (χ1) is 6.48. The SMILES string of the molecule is O=C1CCc2cc(S(=O)(=O)Cl)ccc21. The van der Waals surface area contributed by atoms with Gasteiger partial charge in [0.05, 0.1) is 4.90 Å². The highest BCUT2D eigenvalue weighted by atomic mass is 35.7. The van der Waals surface area contributed by atoms with Gasteiger partial charge in [-0.15, -0.1) is 0 Å². The van der Waals surface area contributed by atoms with Crippen molar-refractivity contribution in [3.05, 3.63) is 29.3 Å². The van der Waals surface area contributed by atoms with Gasteiger partial charge in [-0.05, 0) is 30.2 Å². The molecule has 0 fully saturated rings. The van der Waals surface area contributed by atoms with Crippen LogP contribution in [0.3, 0.4) is 0 Å². The topological polar surface area (TPSA) is 51.2 Å². The molecular weight excluding hydrogens is 224 g/mol. The van der Waals surface area contributed by atoms with Crippen molar-refractivity contribution in [2.45, 2.75) is 17.7 Å². The smallest absolute Gasteiger partial charge is 0.261 e. The number of benzene rings is 1. The van der Waals surface area contributed by atoms with Crippen LogP contribution in [0.15, 0.2) is 23.1 Å². The van der Waals surface area contributed by atoms with Gasteiger partial charge in [0.2, 0.25) is 0 Å². The summed E-state index contributed by atoms with van der Waals surface area (Å²) < 4.78 is 22.0. The highest BCUT2D eigenvalue weighted by molar-refractivity contribution is 8.13. The van der Waals surface area contributed by atoms with Crippen molar-refractivity contribution >= 4 is 25.5 Å². The molecule has 5 heteroatoms. The molecule has 0 aliphatic heterocycles. The minimum atomic E-state index is -3.68. The molecule has 0 heterocycles. The summed E-state index contributed by atoms with van der Waals surface area (Å²) in [4.78, 5) is 11.3. The van der Waals surface area contributed by atoms with Crippen LogP contribution in [-0.4, -0.2) is 14.2 Å². The summed E-state index contributed by atoms with van der Waals surface area (Å²) >= 11 is 0. The van der Waals surface area contributed by atoms with Crippen molar-refractivity contribution < 1.29 is 13.2 Å². The third-order valence-electron chi connectivity index (χ3n) is 2.28. The number of carbonyl (C=O) groups is 1. The Morgan fingerprint density at radius 2 is 1.93 bits per heavy atom.